The van der Waals surface area contributed by atoms with E-state index in [1.807, 2.05) is 0 Å². The third kappa shape index (κ3) is 33.8. The van der Waals surface area contributed by atoms with Gasteiger partial charge in [-0.2, -0.15) is 0 Å². The Hall–Kier alpha value is -1.67. The molecular weight excluding hydrogens is 864 g/mol. The molecule has 0 bridgehead atoms. The number of esters is 2. The maximum Gasteiger partial charge on any atom is 0.472 e. The van der Waals surface area contributed by atoms with E-state index < -0.39 is 75.7 Å². The zero-order valence-corrected chi connectivity index (χ0v) is 42.4. The number of phosphoric ester groups is 1. The third-order valence-corrected chi connectivity index (χ3v) is 13.5. The molecule has 1 rings (SSSR count). The topological polar surface area (TPSA) is 210 Å². The van der Waals surface area contributed by atoms with E-state index in [2.05, 4.69) is 38.2 Å². The van der Waals surface area contributed by atoms with Gasteiger partial charge in [0, 0.05) is 12.8 Å². The SMILES string of the molecule is CCCCC/C=C/C/C=C/CCCCCCCCCCCC(=O)O[C@@H](COC(=O)CCCCCCCCCCCCCCCCCCCC)COP(=O)(O)OC1C(O)C(O)C(O)[C@H](O)C1O. The number of carbonyl (C=O) groups is 2. The minimum Gasteiger partial charge on any atom is -0.462 e. The number of unbranched alkanes of at least 4 members (excludes halogenated alkanes) is 29. The summed E-state index contributed by atoms with van der Waals surface area (Å²) in [7, 11) is -5.12. The molecule has 14 heteroatoms. The van der Waals surface area contributed by atoms with Gasteiger partial charge in [0.2, 0.25) is 0 Å². The van der Waals surface area contributed by atoms with Crippen LogP contribution in [0, 0.1) is 0 Å². The fourth-order valence-electron chi connectivity index (χ4n) is 8.26. The molecule has 388 valence electrons. The van der Waals surface area contributed by atoms with Crippen LogP contribution in [0.25, 0.3) is 0 Å². The first-order valence-corrected chi connectivity index (χ1v) is 28.1. The summed E-state index contributed by atoms with van der Waals surface area (Å²) in [6.07, 6.45) is 35.0. The molecule has 13 nitrogen and oxygen atoms in total. The summed E-state index contributed by atoms with van der Waals surface area (Å²) < 4.78 is 33.7. The summed E-state index contributed by atoms with van der Waals surface area (Å²) in [5.74, 6) is -1.09. The Kier molecular flexibility index (Phi) is 39.9. The van der Waals surface area contributed by atoms with Crippen molar-refractivity contribution in [1.82, 2.24) is 0 Å². The summed E-state index contributed by atoms with van der Waals surface area (Å²) in [5.41, 5.74) is 0. The second-order valence-electron chi connectivity index (χ2n) is 18.7. The van der Waals surface area contributed by atoms with Crippen LogP contribution in [0.1, 0.15) is 239 Å². The summed E-state index contributed by atoms with van der Waals surface area (Å²) in [4.78, 5) is 35.9. The fraction of sp³-hybridized carbons (Fsp3) is 0.885. The lowest BCUT2D eigenvalue weighted by Gasteiger charge is -2.41. The number of ether oxygens (including phenoxy) is 2. The molecule has 66 heavy (non-hydrogen) atoms. The minimum absolute atomic E-state index is 0.0950. The van der Waals surface area contributed by atoms with Crippen LogP contribution in [0.4, 0.5) is 0 Å². The molecule has 0 heterocycles. The van der Waals surface area contributed by atoms with Crippen LogP contribution < -0.4 is 0 Å². The van der Waals surface area contributed by atoms with Crippen LogP contribution in [-0.4, -0.2) is 98.3 Å². The fourth-order valence-corrected chi connectivity index (χ4v) is 9.23. The van der Waals surface area contributed by atoms with E-state index in [1.54, 1.807) is 0 Å². The first-order valence-electron chi connectivity index (χ1n) is 26.6. The summed E-state index contributed by atoms with van der Waals surface area (Å²) in [6, 6.07) is 0. The van der Waals surface area contributed by atoms with Gasteiger partial charge >= 0.3 is 19.8 Å². The number of aliphatic hydroxyl groups excluding tert-OH is 5. The van der Waals surface area contributed by atoms with E-state index in [0.29, 0.717) is 12.8 Å². The van der Waals surface area contributed by atoms with Crippen molar-refractivity contribution >= 4 is 19.8 Å². The Bertz CT molecular complexity index is 1250. The Morgan fingerprint density at radius 3 is 1.26 bits per heavy atom. The predicted molar refractivity (Wildman–Crippen MR) is 263 cm³/mol. The quantitative estimate of drug-likeness (QED) is 0.0145. The van der Waals surface area contributed by atoms with Gasteiger partial charge in [-0.05, 0) is 44.9 Å². The van der Waals surface area contributed by atoms with Gasteiger partial charge in [-0.25, -0.2) is 4.57 Å². The highest BCUT2D eigenvalue weighted by Gasteiger charge is 2.51. The predicted octanol–water partition coefficient (Wildman–Crippen LogP) is 11.6. The molecule has 8 atom stereocenters. The highest BCUT2D eigenvalue weighted by molar-refractivity contribution is 7.47. The van der Waals surface area contributed by atoms with Crippen molar-refractivity contribution in [1.29, 1.82) is 0 Å². The van der Waals surface area contributed by atoms with Gasteiger partial charge in [0.15, 0.2) is 6.10 Å². The van der Waals surface area contributed by atoms with E-state index in [-0.39, 0.29) is 12.8 Å². The van der Waals surface area contributed by atoms with Crippen molar-refractivity contribution in [3.63, 3.8) is 0 Å². The van der Waals surface area contributed by atoms with E-state index in [1.165, 1.54) is 141 Å². The normalized spacial score (nSPS) is 21.4. The average Bonchev–Trinajstić information content (AvgIpc) is 3.30. The number of carbonyl (C=O) groups excluding carboxylic acids is 2. The second-order valence-corrected chi connectivity index (χ2v) is 20.1. The lowest BCUT2D eigenvalue weighted by atomic mass is 9.85. The van der Waals surface area contributed by atoms with Crippen LogP contribution in [0.15, 0.2) is 24.3 Å². The number of hydrogen-bond donors (Lipinski definition) is 6. The minimum atomic E-state index is -5.12. The molecule has 0 radical (unpaired) electrons. The third-order valence-electron chi connectivity index (χ3n) is 12.5. The maximum atomic E-state index is 12.9. The number of phosphoric acid groups is 1. The molecule has 6 N–H and O–H groups in total. The number of rotatable bonds is 45. The van der Waals surface area contributed by atoms with E-state index in [9.17, 15) is 44.6 Å². The van der Waals surface area contributed by atoms with Gasteiger partial charge in [0.1, 0.15) is 43.2 Å². The van der Waals surface area contributed by atoms with Gasteiger partial charge in [0.05, 0.1) is 6.61 Å². The molecule has 1 fully saturated rings. The van der Waals surface area contributed by atoms with Crippen molar-refractivity contribution in [3.05, 3.63) is 24.3 Å². The van der Waals surface area contributed by atoms with E-state index in [4.69, 9.17) is 18.5 Å². The van der Waals surface area contributed by atoms with Crippen LogP contribution in [-0.2, 0) is 32.7 Å². The highest BCUT2D eigenvalue weighted by atomic mass is 31.2. The molecule has 0 aromatic heterocycles. The lowest BCUT2D eigenvalue weighted by Crippen LogP contribution is -2.64. The van der Waals surface area contributed by atoms with Crippen LogP contribution in [0.2, 0.25) is 0 Å². The average molecular weight is 961 g/mol. The van der Waals surface area contributed by atoms with Crippen molar-refractivity contribution in [2.45, 2.75) is 281 Å². The lowest BCUT2D eigenvalue weighted by molar-refractivity contribution is -0.220. The molecule has 0 aliphatic heterocycles. The van der Waals surface area contributed by atoms with Gasteiger partial charge in [-0.1, -0.05) is 205 Å². The first-order chi connectivity index (χ1) is 31.9. The molecule has 6 unspecified atom stereocenters. The zero-order valence-electron chi connectivity index (χ0n) is 41.5. The molecule has 0 spiro atoms. The van der Waals surface area contributed by atoms with Crippen LogP contribution in [0.5, 0.6) is 0 Å². The molecular formula is C52H97O13P. The molecule has 0 aromatic carbocycles. The van der Waals surface area contributed by atoms with E-state index >= 15 is 0 Å². The Balaban J connectivity index is 2.38. The Labute approximate surface area is 400 Å². The monoisotopic (exact) mass is 961 g/mol. The van der Waals surface area contributed by atoms with Crippen LogP contribution in [0.3, 0.4) is 0 Å². The van der Waals surface area contributed by atoms with Crippen molar-refractivity contribution in [3.8, 4) is 0 Å². The van der Waals surface area contributed by atoms with E-state index in [0.717, 1.165) is 57.8 Å². The van der Waals surface area contributed by atoms with Gasteiger partial charge in [0.25, 0.3) is 0 Å². The Morgan fingerprint density at radius 2 is 0.818 bits per heavy atom. The highest BCUT2D eigenvalue weighted by Crippen LogP contribution is 2.47. The van der Waals surface area contributed by atoms with Gasteiger partial charge in [-0.3, -0.25) is 18.6 Å². The zero-order chi connectivity index (χ0) is 48.5. The molecule has 1 aliphatic carbocycles. The number of allylic oxidation sites excluding steroid dienone is 4. The largest absolute Gasteiger partial charge is 0.472 e. The van der Waals surface area contributed by atoms with Crippen molar-refractivity contribution < 1.29 is 63.1 Å². The standard InChI is InChI=1S/C52H97O13P/c1-3-5-7-9-11-13-15-17-19-21-23-25-27-29-31-33-35-37-39-41-46(54)64-44(43-63-66(60,61)65-52-50(58)48(56)47(55)49(57)51(52)59)42-62-45(53)40-38-36-34-32-30-28-26-24-22-20-18-16-14-12-10-8-6-4-2/h11,13,17,19,44,47-52,55-59H,3-10,12,14-16,18,20-43H2,1-2H3,(H,60,61)/b13-11+,19-17+/t44-,47?,48-,49?,50?,51?,52?/m0/s1. The molecule has 1 saturated carbocycles. The van der Waals surface area contributed by atoms with Crippen molar-refractivity contribution in [2.24, 2.45) is 0 Å². The van der Waals surface area contributed by atoms with Crippen molar-refractivity contribution in [2.75, 3.05) is 13.2 Å². The van der Waals surface area contributed by atoms with Crippen LogP contribution >= 0.6 is 7.82 Å². The first kappa shape index (κ1) is 62.3. The molecule has 0 saturated heterocycles. The molecule has 0 aromatic rings. The summed E-state index contributed by atoms with van der Waals surface area (Å²) in [5, 5.41) is 50.3. The molecule has 1 aliphatic rings. The summed E-state index contributed by atoms with van der Waals surface area (Å²) >= 11 is 0. The number of aliphatic hydroxyl groups is 5. The summed E-state index contributed by atoms with van der Waals surface area (Å²) in [6.45, 7) is 3.32. The maximum absolute atomic E-state index is 12.9. The molecule has 0 amide bonds. The smallest absolute Gasteiger partial charge is 0.462 e. The van der Waals surface area contributed by atoms with Gasteiger partial charge < -0.3 is 39.9 Å². The van der Waals surface area contributed by atoms with Gasteiger partial charge in [-0.15, -0.1) is 0 Å². The Morgan fingerprint density at radius 1 is 0.470 bits per heavy atom. The second kappa shape index (κ2) is 42.2. The number of hydrogen-bond acceptors (Lipinski definition) is 12.